The molecule has 4 nitrogen and oxygen atoms in total. The summed E-state index contributed by atoms with van der Waals surface area (Å²) < 4.78 is 0. The second-order valence-electron chi connectivity index (χ2n) is 3.18. The molecule has 0 heterocycles. The minimum Gasteiger partial charge on any atom is -0.309 e. The smallest absolute Gasteiger partial charge is 0.233 e. The topological polar surface area (TPSA) is 58.4 Å². The van der Waals surface area contributed by atoms with Gasteiger partial charge in [-0.15, -0.1) is 0 Å². The van der Waals surface area contributed by atoms with Crippen molar-refractivity contribution < 1.29 is 4.79 Å². The molecule has 72 valence electrons. The molecule has 0 saturated heterocycles. The standard InChI is InChI=1S/C8H19N3O/c1-11(2)7-5-3-4-6-8(12)10-9/h3-7,9H2,1-2H3,(H,10,12). The molecule has 0 aliphatic rings. The monoisotopic (exact) mass is 173 g/mol. The quantitative estimate of drug-likeness (QED) is 0.259. The molecule has 0 fully saturated rings. The van der Waals surface area contributed by atoms with Crippen molar-refractivity contribution in [1.29, 1.82) is 0 Å². The van der Waals surface area contributed by atoms with Crippen LogP contribution >= 0.6 is 0 Å². The first-order valence-electron chi connectivity index (χ1n) is 4.31. The van der Waals surface area contributed by atoms with Crippen molar-refractivity contribution >= 4 is 5.91 Å². The molecule has 0 aromatic carbocycles. The summed E-state index contributed by atoms with van der Waals surface area (Å²) in [5.41, 5.74) is 2.12. The van der Waals surface area contributed by atoms with E-state index in [0.29, 0.717) is 6.42 Å². The molecule has 1 amide bonds. The van der Waals surface area contributed by atoms with E-state index >= 15 is 0 Å². The molecule has 0 aliphatic heterocycles. The third-order valence-corrected chi connectivity index (χ3v) is 1.67. The summed E-state index contributed by atoms with van der Waals surface area (Å²) in [6, 6.07) is 0. The molecule has 0 aromatic heterocycles. The van der Waals surface area contributed by atoms with Crippen molar-refractivity contribution in [3.63, 3.8) is 0 Å². The van der Waals surface area contributed by atoms with Crippen molar-refractivity contribution in [3.8, 4) is 0 Å². The molecule has 0 atom stereocenters. The second-order valence-corrected chi connectivity index (χ2v) is 3.18. The lowest BCUT2D eigenvalue weighted by atomic mass is 10.2. The molecule has 0 aromatic rings. The Bertz CT molecular complexity index is 125. The number of hydrazine groups is 1. The summed E-state index contributed by atoms with van der Waals surface area (Å²) in [7, 11) is 4.10. The lowest BCUT2D eigenvalue weighted by Gasteiger charge is -2.08. The fourth-order valence-corrected chi connectivity index (χ4v) is 0.963. The van der Waals surface area contributed by atoms with Crippen LogP contribution in [0.4, 0.5) is 0 Å². The zero-order chi connectivity index (χ0) is 9.40. The zero-order valence-electron chi connectivity index (χ0n) is 7.97. The molecule has 0 saturated carbocycles. The summed E-state index contributed by atoms with van der Waals surface area (Å²) in [6.45, 7) is 1.09. The van der Waals surface area contributed by atoms with Crippen molar-refractivity contribution in [2.24, 2.45) is 5.84 Å². The van der Waals surface area contributed by atoms with Gasteiger partial charge in [0, 0.05) is 6.42 Å². The Morgan fingerprint density at radius 1 is 1.33 bits per heavy atom. The van der Waals surface area contributed by atoms with Crippen molar-refractivity contribution in [3.05, 3.63) is 0 Å². The van der Waals surface area contributed by atoms with Crippen LogP contribution in [0.2, 0.25) is 0 Å². The number of nitrogens with zero attached hydrogens (tertiary/aromatic N) is 1. The van der Waals surface area contributed by atoms with Crippen molar-refractivity contribution in [2.75, 3.05) is 20.6 Å². The fraction of sp³-hybridized carbons (Fsp3) is 0.875. The predicted molar refractivity (Wildman–Crippen MR) is 49.4 cm³/mol. The maximum absolute atomic E-state index is 10.7. The first-order valence-corrected chi connectivity index (χ1v) is 4.31. The highest BCUT2D eigenvalue weighted by Gasteiger charge is 1.97. The van der Waals surface area contributed by atoms with Gasteiger partial charge in [-0.25, -0.2) is 5.84 Å². The van der Waals surface area contributed by atoms with Crippen LogP contribution in [-0.2, 0) is 4.79 Å². The van der Waals surface area contributed by atoms with E-state index in [0.717, 1.165) is 25.8 Å². The molecule has 0 spiro atoms. The van der Waals surface area contributed by atoms with Gasteiger partial charge in [0.15, 0.2) is 0 Å². The number of carbonyl (C=O) groups excluding carboxylic acids is 1. The van der Waals surface area contributed by atoms with Gasteiger partial charge in [0.05, 0.1) is 0 Å². The molecule has 0 unspecified atom stereocenters. The molecule has 0 bridgehead atoms. The van der Waals surface area contributed by atoms with Gasteiger partial charge in [0.2, 0.25) is 5.91 Å². The number of nitrogens with one attached hydrogen (secondary N) is 1. The first kappa shape index (κ1) is 11.4. The van der Waals surface area contributed by atoms with Crippen LogP contribution in [0.1, 0.15) is 25.7 Å². The molecular weight excluding hydrogens is 154 g/mol. The van der Waals surface area contributed by atoms with E-state index in [1.54, 1.807) is 0 Å². The number of rotatable bonds is 6. The van der Waals surface area contributed by atoms with E-state index in [1.807, 2.05) is 14.1 Å². The van der Waals surface area contributed by atoms with Crippen LogP contribution in [0.3, 0.4) is 0 Å². The maximum atomic E-state index is 10.7. The SMILES string of the molecule is CN(C)CCCCCC(=O)NN. The Kier molecular flexibility index (Phi) is 6.70. The molecule has 4 heteroatoms. The lowest BCUT2D eigenvalue weighted by molar-refractivity contribution is -0.121. The van der Waals surface area contributed by atoms with Crippen LogP contribution in [0.25, 0.3) is 0 Å². The largest absolute Gasteiger partial charge is 0.309 e. The van der Waals surface area contributed by atoms with E-state index in [1.165, 1.54) is 0 Å². The van der Waals surface area contributed by atoms with Crippen molar-refractivity contribution in [2.45, 2.75) is 25.7 Å². The van der Waals surface area contributed by atoms with Gasteiger partial charge in [0.25, 0.3) is 0 Å². The number of carbonyl (C=O) groups is 1. The molecule has 0 aliphatic carbocycles. The summed E-state index contributed by atoms with van der Waals surface area (Å²) >= 11 is 0. The Hall–Kier alpha value is -0.610. The zero-order valence-corrected chi connectivity index (χ0v) is 7.97. The summed E-state index contributed by atoms with van der Waals surface area (Å²) in [5, 5.41) is 0. The minimum absolute atomic E-state index is 0.0696. The summed E-state index contributed by atoms with van der Waals surface area (Å²) in [4.78, 5) is 12.8. The highest BCUT2D eigenvalue weighted by Crippen LogP contribution is 1.99. The van der Waals surface area contributed by atoms with Gasteiger partial charge < -0.3 is 4.90 Å². The Balaban J connectivity index is 3.05. The van der Waals surface area contributed by atoms with Gasteiger partial charge in [0.1, 0.15) is 0 Å². The highest BCUT2D eigenvalue weighted by molar-refractivity contribution is 5.74. The first-order chi connectivity index (χ1) is 5.66. The summed E-state index contributed by atoms with van der Waals surface area (Å²) in [6.07, 6.45) is 3.71. The molecule has 3 N–H and O–H groups in total. The third-order valence-electron chi connectivity index (χ3n) is 1.67. The molecule has 0 rings (SSSR count). The fourth-order valence-electron chi connectivity index (χ4n) is 0.963. The normalized spacial score (nSPS) is 10.3. The van der Waals surface area contributed by atoms with Crippen LogP contribution in [0, 0.1) is 0 Å². The van der Waals surface area contributed by atoms with Crippen LogP contribution in [0.5, 0.6) is 0 Å². The minimum atomic E-state index is -0.0696. The molecular formula is C8H19N3O. The number of amides is 1. The Morgan fingerprint density at radius 2 is 2.00 bits per heavy atom. The second kappa shape index (κ2) is 7.06. The molecule has 12 heavy (non-hydrogen) atoms. The molecule has 0 radical (unpaired) electrons. The Morgan fingerprint density at radius 3 is 2.50 bits per heavy atom. The maximum Gasteiger partial charge on any atom is 0.233 e. The van der Waals surface area contributed by atoms with E-state index in [4.69, 9.17) is 5.84 Å². The van der Waals surface area contributed by atoms with E-state index in [9.17, 15) is 4.79 Å². The van der Waals surface area contributed by atoms with Crippen LogP contribution in [0.15, 0.2) is 0 Å². The summed E-state index contributed by atoms with van der Waals surface area (Å²) in [5.74, 6) is 4.86. The van der Waals surface area contributed by atoms with Crippen molar-refractivity contribution in [1.82, 2.24) is 10.3 Å². The van der Waals surface area contributed by atoms with Crippen LogP contribution < -0.4 is 11.3 Å². The van der Waals surface area contributed by atoms with Gasteiger partial charge >= 0.3 is 0 Å². The van der Waals surface area contributed by atoms with Gasteiger partial charge in [-0.2, -0.15) is 0 Å². The van der Waals surface area contributed by atoms with Crippen LogP contribution in [-0.4, -0.2) is 31.4 Å². The third kappa shape index (κ3) is 7.50. The average molecular weight is 173 g/mol. The van der Waals surface area contributed by atoms with Gasteiger partial charge in [-0.3, -0.25) is 10.2 Å². The van der Waals surface area contributed by atoms with E-state index in [-0.39, 0.29) is 5.91 Å². The van der Waals surface area contributed by atoms with Gasteiger partial charge in [-0.05, 0) is 33.5 Å². The van der Waals surface area contributed by atoms with E-state index < -0.39 is 0 Å². The number of nitrogens with two attached hydrogens (primary N) is 1. The Labute approximate surface area is 74.1 Å². The number of hydrogen-bond acceptors (Lipinski definition) is 3. The average Bonchev–Trinajstić information content (AvgIpc) is 2.03. The van der Waals surface area contributed by atoms with Gasteiger partial charge in [-0.1, -0.05) is 6.42 Å². The highest BCUT2D eigenvalue weighted by atomic mass is 16.2. The number of hydrogen-bond donors (Lipinski definition) is 2. The number of unbranched alkanes of at least 4 members (excludes halogenated alkanes) is 2. The lowest BCUT2D eigenvalue weighted by Crippen LogP contribution is -2.29. The predicted octanol–water partition coefficient (Wildman–Crippen LogP) is 0.0983. The van der Waals surface area contributed by atoms with E-state index in [2.05, 4.69) is 10.3 Å².